The van der Waals surface area contributed by atoms with Gasteiger partial charge < -0.3 is 15.2 Å². The van der Waals surface area contributed by atoms with Crippen LogP contribution in [0.4, 0.5) is 0 Å². The van der Waals surface area contributed by atoms with Gasteiger partial charge in [-0.05, 0) is 92.2 Å². The van der Waals surface area contributed by atoms with Gasteiger partial charge in [0, 0.05) is 47.5 Å². The third-order valence-electron chi connectivity index (χ3n) is 8.06. The number of H-pyrrole nitrogens is 1. The molecule has 3 heterocycles. The normalized spacial score (nSPS) is 17.9. The average Bonchev–Trinajstić information content (AvgIpc) is 3.42. The highest BCUT2D eigenvalue weighted by atomic mass is 16.2. The molecule has 2 aromatic heterocycles. The van der Waals surface area contributed by atoms with E-state index in [1.807, 2.05) is 0 Å². The van der Waals surface area contributed by atoms with Crippen LogP contribution in [0.25, 0.3) is 22.2 Å². The van der Waals surface area contributed by atoms with E-state index in [0.29, 0.717) is 23.8 Å². The number of benzene rings is 1. The highest BCUT2D eigenvalue weighted by Crippen LogP contribution is 2.44. The molecule has 2 N–H and O–H groups in total. The second-order valence-corrected chi connectivity index (χ2v) is 11.6. The van der Waals surface area contributed by atoms with Crippen LogP contribution in [-0.2, 0) is 4.79 Å². The first kappa shape index (κ1) is 24.1. The Morgan fingerprint density at radius 1 is 1.14 bits per heavy atom. The molecule has 5 heteroatoms. The first-order valence-electron chi connectivity index (χ1n) is 13.3. The van der Waals surface area contributed by atoms with E-state index < -0.39 is 0 Å². The van der Waals surface area contributed by atoms with Crippen molar-refractivity contribution >= 4 is 16.8 Å². The molecule has 0 bridgehead atoms. The fraction of sp³-hybridized carbons (Fsp3) is 0.533. The number of aromatic nitrogens is 2. The summed E-state index contributed by atoms with van der Waals surface area (Å²) in [5.41, 5.74) is 8.95. The van der Waals surface area contributed by atoms with E-state index in [1.54, 1.807) is 0 Å². The Bertz CT molecular complexity index is 1210. The number of rotatable bonds is 7. The van der Waals surface area contributed by atoms with E-state index in [4.69, 9.17) is 0 Å². The van der Waals surface area contributed by atoms with E-state index in [0.717, 1.165) is 43.9 Å². The molecule has 1 saturated carbocycles. The van der Waals surface area contributed by atoms with Gasteiger partial charge in [0.15, 0.2) is 0 Å². The molecule has 0 spiro atoms. The smallest absolute Gasteiger partial charge is 0.236 e. The SMILES string of the molecule is Cc1cc(-c2[nH]c3ccc(C4CCN(C(=O)CNCC5(C)CC5)CC4)cc3c2C(C)C)cc(C)n1. The lowest BCUT2D eigenvalue weighted by molar-refractivity contribution is -0.131. The zero-order valence-electron chi connectivity index (χ0n) is 22.0. The Labute approximate surface area is 209 Å². The molecule has 1 aliphatic carbocycles. The number of carbonyl (C=O) groups excluding carboxylic acids is 1. The van der Waals surface area contributed by atoms with Crippen molar-refractivity contribution in [2.75, 3.05) is 26.2 Å². The maximum Gasteiger partial charge on any atom is 0.236 e. The Hall–Kier alpha value is -2.66. The summed E-state index contributed by atoms with van der Waals surface area (Å²) < 4.78 is 0. The third-order valence-corrected chi connectivity index (χ3v) is 8.06. The molecule has 0 radical (unpaired) electrons. The molecule has 5 nitrogen and oxygen atoms in total. The minimum absolute atomic E-state index is 0.253. The standard InChI is InChI=1S/C30H40N4O/c1-19(2)28-25-16-23(6-7-26(25)33-29(28)24-14-20(3)32-21(4)15-24)22-8-12-34(13-9-22)27(35)17-31-18-30(5)10-11-30/h6-7,14-16,19,22,31,33H,8-13,17-18H2,1-5H3. The van der Waals surface area contributed by atoms with E-state index in [-0.39, 0.29) is 5.91 Å². The molecule has 3 aromatic rings. The van der Waals surface area contributed by atoms with Gasteiger partial charge in [-0.2, -0.15) is 0 Å². The van der Waals surface area contributed by atoms with Crippen LogP contribution in [0.2, 0.25) is 0 Å². The maximum atomic E-state index is 12.7. The Morgan fingerprint density at radius 3 is 2.46 bits per heavy atom. The molecule has 0 atom stereocenters. The van der Waals surface area contributed by atoms with Gasteiger partial charge in [0.05, 0.1) is 12.2 Å². The number of likely N-dealkylation sites (tertiary alicyclic amines) is 1. The fourth-order valence-corrected chi connectivity index (χ4v) is 5.73. The number of amides is 1. The monoisotopic (exact) mass is 472 g/mol. The number of fused-ring (bicyclic) bond motifs is 1. The van der Waals surface area contributed by atoms with Crippen LogP contribution in [0.3, 0.4) is 0 Å². The molecule has 1 amide bonds. The molecule has 0 unspecified atom stereocenters. The van der Waals surface area contributed by atoms with Crippen molar-refractivity contribution in [3.8, 4) is 11.3 Å². The number of nitrogens with one attached hydrogen (secondary N) is 2. The zero-order valence-corrected chi connectivity index (χ0v) is 22.0. The van der Waals surface area contributed by atoms with Crippen LogP contribution in [-0.4, -0.2) is 47.0 Å². The van der Waals surface area contributed by atoms with Crippen molar-refractivity contribution < 1.29 is 4.79 Å². The first-order valence-corrected chi connectivity index (χ1v) is 13.3. The summed E-state index contributed by atoms with van der Waals surface area (Å²) in [5, 5.41) is 4.72. The highest BCUT2D eigenvalue weighted by molar-refractivity contribution is 5.92. The van der Waals surface area contributed by atoms with Crippen molar-refractivity contribution in [3.05, 3.63) is 52.8 Å². The largest absolute Gasteiger partial charge is 0.354 e. The Balaban J connectivity index is 1.31. The predicted molar refractivity (Wildman–Crippen MR) is 144 cm³/mol. The molecule has 1 aromatic carbocycles. The van der Waals surface area contributed by atoms with Crippen LogP contribution in [0.5, 0.6) is 0 Å². The van der Waals surface area contributed by atoms with Gasteiger partial charge in [0.25, 0.3) is 0 Å². The van der Waals surface area contributed by atoms with E-state index in [2.05, 4.69) is 85.1 Å². The fourth-order valence-electron chi connectivity index (χ4n) is 5.73. The van der Waals surface area contributed by atoms with Gasteiger partial charge in [-0.15, -0.1) is 0 Å². The van der Waals surface area contributed by atoms with Gasteiger partial charge >= 0.3 is 0 Å². The number of hydrogen-bond acceptors (Lipinski definition) is 3. The van der Waals surface area contributed by atoms with Crippen LogP contribution in [0.15, 0.2) is 30.3 Å². The maximum absolute atomic E-state index is 12.7. The summed E-state index contributed by atoms with van der Waals surface area (Å²) in [5.74, 6) is 1.17. The van der Waals surface area contributed by atoms with Crippen molar-refractivity contribution in [3.63, 3.8) is 0 Å². The van der Waals surface area contributed by atoms with Crippen molar-refractivity contribution in [1.29, 1.82) is 0 Å². The van der Waals surface area contributed by atoms with Crippen molar-refractivity contribution in [2.24, 2.45) is 5.41 Å². The van der Waals surface area contributed by atoms with Gasteiger partial charge in [0.2, 0.25) is 5.91 Å². The second-order valence-electron chi connectivity index (χ2n) is 11.6. The van der Waals surface area contributed by atoms with Crippen LogP contribution in [0.1, 0.15) is 80.8 Å². The molecule has 35 heavy (non-hydrogen) atoms. The lowest BCUT2D eigenvalue weighted by Crippen LogP contribution is -2.43. The molecule has 2 aliphatic rings. The number of hydrogen-bond donors (Lipinski definition) is 2. The summed E-state index contributed by atoms with van der Waals surface area (Å²) in [6.07, 6.45) is 4.64. The van der Waals surface area contributed by atoms with Gasteiger partial charge in [-0.1, -0.05) is 26.8 Å². The molecular formula is C30H40N4O. The summed E-state index contributed by atoms with van der Waals surface area (Å²) in [6, 6.07) is 11.3. The second kappa shape index (κ2) is 9.42. The van der Waals surface area contributed by atoms with Gasteiger partial charge in [0.1, 0.15) is 0 Å². The molecular weight excluding hydrogens is 432 g/mol. The van der Waals surface area contributed by atoms with Gasteiger partial charge in [-0.25, -0.2) is 0 Å². The molecule has 1 aliphatic heterocycles. The lowest BCUT2D eigenvalue weighted by atomic mass is 9.87. The quantitative estimate of drug-likeness (QED) is 0.439. The number of pyridine rings is 1. The number of piperidine rings is 1. The lowest BCUT2D eigenvalue weighted by Gasteiger charge is -2.32. The summed E-state index contributed by atoms with van der Waals surface area (Å²) in [7, 11) is 0. The topological polar surface area (TPSA) is 61.0 Å². The molecule has 5 rings (SSSR count). The number of nitrogens with zero attached hydrogens (tertiary/aromatic N) is 2. The zero-order chi connectivity index (χ0) is 24.7. The average molecular weight is 473 g/mol. The van der Waals surface area contributed by atoms with E-state index >= 15 is 0 Å². The minimum atomic E-state index is 0.253. The number of carbonyl (C=O) groups is 1. The van der Waals surface area contributed by atoms with Crippen LogP contribution >= 0.6 is 0 Å². The summed E-state index contributed by atoms with van der Waals surface area (Å²) in [6.45, 7) is 14.1. The van der Waals surface area contributed by atoms with Gasteiger partial charge in [-0.3, -0.25) is 9.78 Å². The number of aromatic amines is 1. The molecule has 2 fully saturated rings. The Kier molecular flexibility index (Phi) is 6.47. The molecule has 1 saturated heterocycles. The first-order chi connectivity index (χ1) is 16.7. The van der Waals surface area contributed by atoms with E-state index in [9.17, 15) is 4.79 Å². The van der Waals surface area contributed by atoms with Crippen molar-refractivity contribution in [1.82, 2.24) is 20.2 Å². The molecule has 186 valence electrons. The summed E-state index contributed by atoms with van der Waals surface area (Å²) >= 11 is 0. The van der Waals surface area contributed by atoms with E-state index in [1.165, 1.54) is 46.1 Å². The van der Waals surface area contributed by atoms with Crippen molar-refractivity contribution in [2.45, 2.75) is 72.1 Å². The van der Waals surface area contributed by atoms with Crippen LogP contribution in [0, 0.1) is 19.3 Å². The number of aryl methyl sites for hydroxylation is 2. The Morgan fingerprint density at radius 2 is 1.83 bits per heavy atom. The highest BCUT2D eigenvalue weighted by Gasteiger charge is 2.36. The minimum Gasteiger partial charge on any atom is -0.354 e. The van der Waals surface area contributed by atoms with Crippen LogP contribution < -0.4 is 5.32 Å². The third kappa shape index (κ3) is 5.16. The summed E-state index contributed by atoms with van der Waals surface area (Å²) in [4.78, 5) is 23.0. The predicted octanol–water partition coefficient (Wildman–Crippen LogP) is 6.07.